The highest BCUT2D eigenvalue weighted by molar-refractivity contribution is 5.76. The second-order valence-electron chi connectivity index (χ2n) is 14.8. The molecule has 0 spiro atoms. The first-order valence-corrected chi connectivity index (χ1v) is 21.7. The summed E-state index contributed by atoms with van der Waals surface area (Å²) >= 11 is 0. The molecule has 49 heavy (non-hydrogen) atoms. The van der Waals surface area contributed by atoms with Gasteiger partial charge in [0.25, 0.3) is 0 Å². The minimum atomic E-state index is -0.857. The number of allylic oxidation sites excluding steroid dienone is 5. The lowest BCUT2D eigenvalue weighted by Crippen LogP contribution is -2.45. The molecule has 0 aliphatic heterocycles. The zero-order valence-electron chi connectivity index (χ0n) is 33.0. The quantitative estimate of drug-likeness (QED) is 0.0445. The van der Waals surface area contributed by atoms with Gasteiger partial charge in [-0.2, -0.15) is 0 Å². The van der Waals surface area contributed by atoms with Crippen LogP contribution in [0.4, 0.5) is 0 Å². The predicted molar refractivity (Wildman–Crippen MR) is 216 cm³/mol. The molecule has 0 bridgehead atoms. The average Bonchev–Trinajstić information content (AvgIpc) is 3.10. The van der Waals surface area contributed by atoms with Crippen molar-refractivity contribution < 1.29 is 15.0 Å². The van der Waals surface area contributed by atoms with E-state index in [1.807, 2.05) is 6.08 Å². The highest BCUT2D eigenvalue weighted by Crippen LogP contribution is 2.15. The van der Waals surface area contributed by atoms with Gasteiger partial charge in [-0.25, -0.2) is 0 Å². The third-order valence-electron chi connectivity index (χ3n) is 9.85. The van der Waals surface area contributed by atoms with Crippen molar-refractivity contribution in [1.82, 2.24) is 5.32 Å². The first-order valence-electron chi connectivity index (χ1n) is 21.7. The Bertz CT molecular complexity index is 746. The number of hydrogen-bond acceptors (Lipinski definition) is 3. The molecule has 0 rings (SSSR count). The molecule has 288 valence electrons. The maximum absolute atomic E-state index is 12.3. The first kappa shape index (κ1) is 47.6. The van der Waals surface area contributed by atoms with Crippen LogP contribution < -0.4 is 5.32 Å². The maximum Gasteiger partial charge on any atom is 0.220 e. The van der Waals surface area contributed by atoms with E-state index in [-0.39, 0.29) is 12.5 Å². The molecule has 2 atom stereocenters. The molecule has 4 heteroatoms. The van der Waals surface area contributed by atoms with Gasteiger partial charge in [-0.3, -0.25) is 4.79 Å². The number of carbonyl (C=O) groups excluding carboxylic acids is 1. The standard InChI is InChI=1S/C45H85NO3/c1-3-5-7-9-11-13-14-15-16-17-18-19-20-21-22-23-24-25-26-27-28-29-30-31-32-33-35-37-39-41-45(49)46-43(42-47)44(48)40-38-36-34-12-10-8-6-4-2/h10,12,17-18,38,40,43-44,47-48H,3-9,11,13-16,19-37,39,41-42H2,1-2H3,(H,46,49)/b12-10+,18-17-,40-38+. The molecule has 0 aromatic rings. The largest absolute Gasteiger partial charge is 0.394 e. The van der Waals surface area contributed by atoms with Gasteiger partial charge >= 0.3 is 0 Å². The molecule has 4 nitrogen and oxygen atoms in total. The molecule has 0 aromatic carbocycles. The summed E-state index contributed by atoms with van der Waals surface area (Å²) in [5.74, 6) is -0.0759. The number of carbonyl (C=O) groups is 1. The molecule has 0 heterocycles. The first-order chi connectivity index (χ1) is 24.2. The lowest BCUT2D eigenvalue weighted by molar-refractivity contribution is -0.123. The molecule has 3 N–H and O–H groups in total. The zero-order valence-corrected chi connectivity index (χ0v) is 33.0. The second kappa shape index (κ2) is 41.0. The number of rotatable bonds is 39. The molecular formula is C45H85NO3. The number of amides is 1. The van der Waals surface area contributed by atoms with E-state index in [0.29, 0.717) is 6.42 Å². The summed E-state index contributed by atoms with van der Waals surface area (Å²) in [6, 6.07) is -0.634. The summed E-state index contributed by atoms with van der Waals surface area (Å²) in [5.41, 5.74) is 0. The van der Waals surface area contributed by atoms with Gasteiger partial charge in [-0.1, -0.05) is 204 Å². The fourth-order valence-electron chi connectivity index (χ4n) is 6.47. The smallest absolute Gasteiger partial charge is 0.220 e. The lowest BCUT2D eigenvalue weighted by Gasteiger charge is -2.19. The molecular weight excluding hydrogens is 602 g/mol. The summed E-state index contributed by atoms with van der Waals surface area (Å²) in [6.07, 6.45) is 54.2. The van der Waals surface area contributed by atoms with E-state index in [9.17, 15) is 15.0 Å². The molecule has 1 amide bonds. The fraction of sp³-hybridized carbons (Fsp3) is 0.844. The number of aliphatic hydroxyl groups excluding tert-OH is 2. The van der Waals surface area contributed by atoms with Gasteiger partial charge in [0.2, 0.25) is 5.91 Å². The SMILES string of the molecule is CCCC/C=C/CC/C=C/C(O)C(CO)NC(=O)CCCCCCCCCCCCCCCCCCC/C=C\CCCCCCCCCC. The minimum Gasteiger partial charge on any atom is -0.394 e. The Kier molecular flexibility index (Phi) is 39.9. The van der Waals surface area contributed by atoms with Crippen LogP contribution in [0.2, 0.25) is 0 Å². The monoisotopic (exact) mass is 688 g/mol. The van der Waals surface area contributed by atoms with E-state index in [4.69, 9.17) is 0 Å². The summed E-state index contributed by atoms with van der Waals surface area (Å²) < 4.78 is 0. The molecule has 0 saturated carbocycles. The van der Waals surface area contributed by atoms with Crippen LogP contribution in [0, 0.1) is 0 Å². The Hall–Kier alpha value is -1.39. The molecule has 2 unspecified atom stereocenters. The predicted octanol–water partition coefficient (Wildman–Crippen LogP) is 13.4. The fourth-order valence-corrected chi connectivity index (χ4v) is 6.47. The van der Waals surface area contributed by atoms with Gasteiger partial charge in [-0.15, -0.1) is 0 Å². The van der Waals surface area contributed by atoms with E-state index in [1.165, 1.54) is 173 Å². The van der Waals surface area contributed by atoms with Crippen molar-refractivity contribution in [2.75, 3.05) is 6.61 Å². The van der Waals surface area contributed by atoms with E-state index < -0.39 is 12.1 Å². The third-order valence-corrected chi connectivity index (χ3v) is 9.85. The highest BCUT2D eigenvalue weighted by Gasteiger charge is 2.17. The van der Waals surface area contributed by atoms with Crippen molar-refractivity contribution in [3.63, 3.8) is 0 Å². The van der Waals surface area contributed by atoms with E-state index >= 15 is 0 Å². The van der Waals surface area contributed by atoms with Crippen LogP contribution in [0.25, 0.3) is 0 Å². The maximum atomic E-state index is 12.3. The Balaban J connectivity index is 3.42. The van der Waals surface area contributed by atoms with Crippen LogP contribution in [-0.2, 0) is 4.79 Å². The van der Waals surface area contributed by atoms with Crippen LogP contribution in [0.5, 0.6) is 0 Å². The van der Waals surface area contributed by atoms with Crippen molar-refractivity contribution in [3.8, 4) is 0 Å². The zero-order chi connectivity index (χ0) is 35.7. The van der Waals surface area contributed by atoms with Crippen molar-refractivity contribution in [1.29, 1.82) is 0 Å². The van der Waals surface area contributed by atoms with E-state index in [1.54, 1.807) is 6.08 Å². The Labute approximate surface area is 306 Å². The van der Waals surface area contributed by atoms with Crippen LogP contribution in [0.1, 0.15) is 226 Å². The topological polar surface area (TPSA) is 69.6 Å². The molecule has 0 saturated heterocycles. The van der Waals surface area contributed by atoms with Gasteiger partial charge < -0.3 is 15.5 Å². The summed E-state index contributed by atoms with van der Waals surface area (Å²) in [5, 5.41) is 22.8. The number of unbranched alkanes of at least 4 members (excludes halogenated alkanes) is 28. The molecule has 0 aliphatic rings. The summed E-state index contributed by atoms with van der Waals surface area (Å²) in [7, 11) is 0. The van der Waals surface area contributed by atoms with Gasteiger partial charge in [0.1, 0.15) is 0 Å². The van der Waals surface area contributed by atoms with Gasteiger partial charge in [0.05, 0.1) is 18.8 Å². The molecule has 0 aliphatic carbocycles. The average molecular weight is 688 g/mol. The van der Waals surface area contributed by atoms with Crippen molar-refractivity contribution in [2.24, 2.45) is 0 Å². The van der Waals surface area contributed by atoms with E-state index in [0.717, 1.165) is 32.1 Å². The summed E-state index contributed by atoms with van der Waals surface area (Å²) in [4.78, 5) is 12.3. The van der Waals surface area contributed by atoms with Crippen LogP contribution in [-0.4, -0.2) is 34.9 Å². The Morgan fingerprint density at radius 1 is 0.469 bits per heavy atom. The molecule has 0 aromatic heterocycles. The van der Waals surface area contributed by atoms with Gasteiger partial charge in [0.15, 0.2) is 0 Å². The summed E-state index contributed by atoms with van der Waals surface area (Å²) in [6.45, 7) is 4.23. The second-order valence-corrected chi connectivity index (χ2v) is 14.8. The van der Waals surface area contributed by atoms with Gasteiger partial charge in [-0.05, 0) is 51.4 Å². The normalized spacial score (nSPS) is 13.3. The van der Waals surface area contributed by atoms with E-state index in [2.05, 4.69) is 43.5 Å². The van der Waals surface area contributed by atoms with Crippen LogP contribution in [0.15, 0.2) is 36.5 Å². The minimum absolute atomic E-state index is 0.0759. The van der Waals surface area contributed by atoms with Crippen molar-refractivity contribution >= 4 is 5.91 Å². The number of hydrogen-bond donors (Lipinski definition) is 3. The van der Waals surface area contributed by atoms with Gasteiger partial charge in [0, 0.05) is 6.42 Å². The lowest BCUT2D eigenvalue weighted by atomic mass is 10.0. The van der Waals surface area contributed by atoms with Crippen molar-refractivity contribution in [2.45, 2.75) is 238 Å². The molecule has 0 radical (unpaired) electrons. The highest BCUT2D eigenvalue weighted by atomic mass is 16.3. The third kappa shape index (κ3) is 37.7. The van der Waals surface area contributed by atoms with Crippen LogP contribution >= 0.6 is 0 Å². The Morgan fingerprint density at radius 2 is 0.816 bits per heavy atom. The molecule has 0 fully saturated rings. The van der Waals surface area contributed by atoms with Crippen LogP contribution in [0.3, 0.4) is 0 Å². The Morgan fingerprint density at radius 3 is 1.24 bits per heavy atom. The number of nitrogens with one attached hydrogen (secondary N) is 1. The van der Waals surface area contributed by atoms with Crippen molar-refractivity contribution in [3.05, 3.63) is 36.5 Å². The number of aliphatic hydroxyl groups is 2.